The van der Waals surface area contributed by atoms with Gasteiger partial charge in [-0.1, -0.05) is 127 Å². The van der Waals surface area contributed by atoms with Crippen LogP contribution >= 0.6 is 0 Å². The summed E-state index contributed by atoms with van der Waals surface area (Å²) in [6.45, 7) is 9.36. The molecule has 0 unspecified atom stereocenters. The highest BCUT2D eigenvalue weighted by Crippen LogP contribution is 2.44. The van der Waals surface area contributed by atoms with Gasteiger partial charge in [-0.2, -0.15) is 0 Å². The number of ether oxygens (including phenoxy) is 1. The summed E-state index contributed by atoms with van der Waals surface area (Å²) < 4.78 is 13.8. The second-order valence-corrected chi connectivity index (χ2v) is 21.1. The van der Waals surface area contributed by atoms with Crippen LogP contribution in [-0.2, 0) is 0 Å². The van der Waals surface area contributed by atoms with Gasteiger partial charge in [-0.3, -0.25) is 9.13 Å². The van der Waals surface area contributed by atoms with Crippen LogP contribution in [0.4, 0.5) is 5.69 Å². The van der Waals surface area contributed by atoms with E-state index in [1.807, 2.05) is 6.20 Å². The van der Waals surface area contributed by atoms with Gasteiger partial charge < -0.3 is 14.0 Å². The number of hydrogen-bond donors (Lipinski definition) is 0. The molecule has 0 amide bonds. The highest BCUT2D eigenvalue weighted by Gasteiger charge is 2.39. The van der Waals surface area contributed by atoms with Gasteiger partial charge in [0, 0.05) is 23.6 Å². The van der Waals surface area contributed by atoms with Crippen molar-refractivity contribution in [2.75, 3.05) is 11.9 Å². The number of aryl methyl sites for hydroxylation is 2. The fraction of sp³-hybridized carbons (Fsp3) is 0.0980. The Morgan fingerprint density at radius 1 is 0.627 bits per heavy atom. The lowest BCUT2D eigenvalue weighted by Crippen LogP contribution is -2.57. The number of fused-ring (bicyclic) bond motifs is 12. The van der Waals surface area contributed by atoms with Crippen molar-refractivity contribution >= 4 is 47.6 Å². The predicted octanol–water partition coefficient (Wildman–Crippen LogP) is 9.12. The lowest BCUT2D eigenvalue weighted by atomic mass is 9.60. The van der Waals surface area contributed by atoms with Gasteiger partial charge in [0.2, 0.25) is 0 Å². The minimum Gasteiger partial charge on any atom is -0.458 e. The van der Waals surface area contributed by atoms with Crippen molar-refractivity contribution < 1.29 is 9.30 Å². The highest BCUT2D eigenvalue weighted by atomic mass is 28.3. The second kappa shape index (κ2) is 12.3. The van der Waals surface area contributed by atoms with Gasteiger partial charge in [0.1, 0.15) is 25.4 Å². The predicted molar refractivity (Wildman–Crippen MR) is 243 cm³/mol. The first-order valence-corrected chi connectivity index (χ1v) is 23.4. The Morgan fingerprint density at radius 3 is 2.00 bits per heavy atom. The quantitative estimate of drug-likeness (QED) is 0.102. The molecule has 6 nitrogen and oxygen atoms in total. The Hall–Kier alpha value is -6.90. The van der Waals surface area contributed by atoms with Crippen LogP contribution in [0.25, 0.3) is 67.2 Å². The Balaban J connectivity index is 1.01. The van der Waals surface area contributed by atoms with E-state index in [4.69, 9.17) is 9.72 Å². The van der Waals surface area contributed by atoms with Crippen molar-refractivity contribution in [3.05, 3.63) is 169 Å². The lowest BCUT2D eigenvalue weighted by Gasteiger charge is -2.36. The van der Waals surface area contributed by atoms with Gasteiger partial charge in [0.25, 0.3) is 6.33 Å². The van der Waals surface area contributed by atoms with E-state index in [1.165, 1.54) is 71.4 Å². The third-order valence-electron chi connectivity index (χ3n) is 13.1. The van der Waals surface area contributed by atoms with Crippen LogP contribution < -0.4 is 30.0 Å². The van der Waals surface area contributed by atoms with E-state index in [-0.39, 0.29) is 6.98 Å². The van der Waals surface area contributed by atoms with Crippen LogP contribution in [-0.4, -0.2) is 36.1 Å². The molecule has 12 rings (SSSR count). The fourth-order valence-electron chi connectivity index (χ4n) is 10.3. The molecule has 0 saturated carbocycles. The van der Waals surface area contributed by atoms with Gasteiger partial charge in [-0.15, -0.1) is 0 Å². The number of aromatic nitrogens is 4. The van der Waals surface area contributed by atoms with Gasteiger partial charge in [-0.25, -0.2) is 4.98 Å². The largest absolute Gasteiger partial charge is 0.458 e. The Morgan fingerprint density at radius 2 is 1.25 bits per heavy atom. The molecular weight excluding hydrogens is 737 g/mol. The first kappa shape index (κ1) is 34.2. The highest BCUT2D eigenvalue weighted by molar-refractivity contribution is 7.02. The molecule has 0 fully saturated rings. The van der Waals surface area contributed by atoms with E-state index in [9.17, 15) is 0 Å². The summed E-state index contributed by atoms with van der Waals surface area (Å²) in [7, 11) is -0.0150. The normalized spacial score (nSPS) is 13.9. The molecule has 59 heavy (non-hydrogen) atoms. The maximum Gasteiger partial charge on any atom is 0.417 e. The summed E-state index contributed by atoms with van der Waals surface area (Å²) in [6, 6.07) is 50.8. The molecule has 3 aliphatic rings. The van der Waals surface area contributed by atoms with Crippen molar-refractivity contribution in [1.82, 2.24) is 14.0 Å². The summed E-state index contributed by atoms with van der Waals surface area (Å²) >= 11 is 0. The maximum atomic E-state index is 6.83. The number of imidazole rings is 2. The zero-order valence-corrected chi connectivity index (χ0v) is 34.7. The lowest BCUT2D eigenvalue weighted by molar-refractivity contribution is -0.571. The topological polar surface area (TPSA) is 39.1 Å². The number of anilines is 1. The summed E-state index contributed by atoms with van der Waals surface area (Å²) in [5, 5.41) is 2.77. The SMILES string of the molecule is Cc1cccc(C)c1B1N(C)c2ccc(Oc3ccc4c(c3)-n3[c-][n+]5c6c(ccc(c63)[Si]4(C)C)-c3ccccc3-c3ccccc3-c3ccccc3-5)cc2-c2nccn21. The molecule has 0 saturated heterocycles. The standard InChI is InChI=1S/C51H40BN5OSi/c1-32-13-12-14-33(2)48(32)52-54(3)43-24-21-34(29-42(43)51-53-27-28-57(51)52)58-35-22-25-46-45(30-35)56-31-55-44-20-11-10-19-40(44)38-17-8-6-15-36(38)37-16-7-9-18-39(37)41-23-26-47(59(46,4)5)50(56)49(41)55/h6-30H,1-5H3. The van der Waals surface area contributed by atoms with Crippen LogP contribution in [0.2, 0.25) is 13.1 Å². The van der Waals surface area contributed by atoms with Crippen LogP contribution in [0.1, 0.15) is 11.1 Å². The molecule has 9 aromatic rings. The van der Waals surface area contributed by atoms with Crippen LogP contribution in [0, 0.1) is 20.2 Å². The molecule has 2 aromatic heterocycles. The van der Waals surface area contributed by atoms with E-state index in [0.717, 1.165) is 39.9 Å². The van der Waals surface area contributed by atoms with Crippen LogP contribution in [0.15, 0.2) is 152 Å². The maximum absolute atomic E-state index is 6.83. The van der Waals surface area contributed by atoms with E-state index in [1.54, 1.807) is 0 Å². The molecule has 0 N–H and O–H groups in total. The summed E-state index contributed by atoms with van der Waals surface area (Å²) in [5.74, 6) is 2.50. The molecule has 5 heterocycles. The molecule has 0 atom stereocenters. The van der Waals surface area contributed by atoms with Gasteiger partial charge in [-0.05, 0) is 107 Å². The van der Waals surface area contributed by atoms with Crippen molar-refractivity contribution in [2.24, 2.45) is 0 Å². The molecule has 0 spiro atoms. The molecule has 7 aromatic carbocycles. The smallest absolute Gasteiger partial charge is 0.417 e. The van der Waals surface area contributed by atoms with Gasteiger partial charge in [0.05, 0.1) is 22.4 Å². The van der Waals surface area contributed by atoms with Crippen molar-refractivity contribution in [2.45, 2.75) is 26.9 Å². The Kier molecular flexibility index (Phi) is 7.13. The number of benzene rings is 7. The molecule has 3 aliphatic heterocycles. The van der Waals surface area contributed by atoms with Gasteiger partial charge in [0.15, 0.2) is 0 Å². The molecule has 282 valence electrons. The van der Waals surface area contributed by atoms with Crippen LogP contribution in [0.5, 0.6) is 11.5 Å². The average Bonchev–Trinajstić information content (AvgIpc) is 3.91. The van der Waals surface area contributed by atoms with Gasteiger partial charge >= 0.3 is 6.98 Å². The van der Waals surface area contributed by atoms with E-state index < -0.39 is 8.07 Å². The summed E-state index contributed by atoms with van der Waals surface area (Å²) in [4.78, 5) is 7.25. The average molecular weight is 778 g/mol. The van der Waals surface area contributed by atoms with E-state index in [0.29, 0.717) is 0 Å². The van der Waals surface area contributed by atoms with Crippen LogP contribution in [0.3, 0.4) is 0 Å². The first-order chi connectivity index (χ1) is 28.8. The third kappa shape index (κ3) is 4.75. The van der Waals surface area contributed by atoms with E-state index in [2.05, 4.69) is 204 Å². The molecular formula is C51H40BN5OSi. The van der Waals surface area contributed by atoms with Crippen molar-refractivity contribution in [3.8, 4) is 67.6 Å². The zero-order chi connectivity index (χ0) is 39.7. The Bertz CT molecular complexity index is 3230. The Labute approximate surface area is 345 Å². The van der Waals surface area contributed by atoms with Crippen molar-refractivity contribution in [1.29, 1.82) is 0 Å². The third-order valence-corrected chi connectivity index (χ3v) is 16.7. The van der Waals surface area contributed by atoms with Crippen molar-refractivity contribution in [3.63, 3.8) is 0 Å². The number of nitrogens with zero attached hydrogens (tertiary/aromatic N) is 5. The summed E-state index contributed by atoms with van der Waals surface area (Å²) in [6.07, 6.45) is 7.93. The molecule has 0 radical (unpaired) electrons. The molecule has 8 heteroatoms. The minimum absolute atomic E-state index is 0.00569. The summed E-state index contributed by atoms with van der Waals surface area (Å²) in [5.41, 5.74) is 18.0. The molecule has 0 bridgehead atoms. The number of hydrogen-bond acceptors (Lipinski definition) is 3. The fourth-order valence-corrected chi connectivity index (χ4v) is 13.3. The number of para-hydroxylation sites is 1. The zero-order valence-electron chi connectivity index (χ0n) is 33.7. The monoisotopic (exact) mass is 777 g/mol. The number of rotatable bonds is 3. The minimum atomic E-state index is -2.19. The molecule has 0 aliphatic carbocycles. The van der Waals surface area contributed by atoms with E-state index >= 15 is 0 Å². The first-order valence-electron chi connectivity index (χ1n) is 20.4. The second-order valence-electron chi connectivity index (χ2n) is 16.8.